The molecule has 1 aromatic carbocycles. The van der Waals surface area contributed by atoms with Crippen LogP contribution < -0.4 is 15.8 Å². The molecular weight excluding hydrogens is 254 g/mol. The van der Waals surface area contributed by atoms with Crippen LogP contribution in [0.5, 0.6) is 5.75 Å². The summed E-state index contributed by atoms with van der Waals surface area (Å²) in [6, 6.07) is 8.52. The average Bonchev–Trinajstić information content (AvgIpc) is 3.27. The van der Waals surface area contributed by atoms with Crippen LogP contribution in [0.4, 0.5) is 0 Å². The highest BCUT2D eigenvalue weighted by atomic mass is 16.5. The van der Waals surface area contributed by atoms with Crippen LogP contribution >= 0.6 is 0 Å². The van der Waals surface area contributed by atoms with Crippen molar-refractivity contribution in [2.75, 3.05) is 26.7 Å². The van der Waals surface area contributed by atoms with E-state index in [1.165, 1.54) is 18.4 Å². The molecule has 0 atom stereocenters. The SMILES string of the molecule is CN(CCNCc1ccc(OCC(N)=O)cc1)C1CC1. The Morgan fingerprint density at radius 1 is 1.40 bits per heavy atom. The number of amides is 1. The van der Waals surface area contributed by atoms with Crippen molar-refractivity contribution >= 4 is 5.91 Å². The molecule has 0 aromatic heterocycles. The Morgan fingerprint density at radius 3 is 2.70 bits per heavy atom. The summed E-state index contributed by atoms with van der Waals surface area (Å²) in [5.41, 5.74) is 6.22. The van der Waals surface area contributed by atoms with E-state index in [1.807, 2.05) is 24.3 Å². The molecule has 1 saturated carbocycles. The lowest BCUT2D eigenvalue weighted by Crippen LogP contribution is -2.30. The van der Waals surface area contributed by atoms with Gasteiger partial charge in [-0.05, 0) is 37.6 Å². The maximum absolute atomic E-state index is 10.6. The van der Waals surface area contributed by atoms with Gasteiger partial charge in [0.05, 0.1) is 0 Å². The molecule has 0 unspecified atom stereocenters. The van der Waals surface area contributed by atoms with E-state index in [2.05, 4.69) is 17.3 Å². The van der Waals surface area contributed by atoms with E-state index in [9.17, 15) is 4.79 Å². The molecule has 0 aliphatic heterocycles. The number of likely N-dealkylation sites (N-methyl/N-ethyl adjacent to an activating group) is 1. The minimum absolute atomic E-state index is 0.0783. The third kappa shape index (κ3) is 5.19. The standard InChI is InChI=1S/C15H23N3O2/c1-18(13-4-5-13)9-8-17-10-12-2-6-14(7-3-12)20-11-15(16)19/h2-3,6-7,13,17H,4-5,8-11H2,1H3,(H2,16,19). The molecule has 0 spiro atoms. The van der Waals surface area contributed by atoms with E-state index in [4.69, 9.17) is 10.5 Å². The molecule has 0 saturated heterocycles. The highest BCUT2D eigenvalue weighted by Crippen LogP contribution is 2.24. The number of ether oxygens (including phenoxy) is 1. The van der Waals surface area contributed by atoms with E-state index in [1.54, 1.807) is 0 Å². The minimum Gasteiger partial charge on any atom is -0.484 e. The van der Waals surface area contributed by atoms with E-state index in [0.29, 0.717) is 5.75 Å². The Hall–Kier alpha value is -1.59. The molecule has 0 radical (unpaired) electrons. The smallest absolute Gasteiger partial charge is 0.255 e. The van der Waals surface area contributed by atoms with Crippen LogP contribution in [0.15, 0.2) is 24.3 Å². The van der Waals surface area contributed by atoms with Crippen LogP contribution in [-0.4, -0.2) is 43.6 Å². The molecule has 3 N–H and O–H groups in total. The molecule has 110 valence electrons. The van der Waals surface area contributed by atoms with E-state index >= 15 is 0 Å². The zero-order valence-corrected chi connectivity index (χ0v) is 12.0. The number of nitrogens with one attached hydrogen (secondary N) is 1. The zero-order chi connectivity index (χ0) is 14.4. The van der Waals surface area contributed by atoms with Gasteiger partial charge in [0.2, 0.25) is 0 Å². The van der Waals surface area contributed by atoms with Crippen molar-refractivity contribution in [1.29, 1.82) is 0 Å². The Bertz CT molecular complexity index is 429. The van der Waals surface area contributed by atoms with Gasteiger partial charge in [0, 0.05) is 25.7 Å². The van der Waals surface area contributed by atoms with Crippen LogP contribution in [0.2, 0.25) is 0 Å². The van der Waals surface area contributed by atoms with Gasteiger partial charge in [0.25, 0.3) is 5.91 Å². The molecule has 0 heterocycles. The van der Waals surface area contributed by atoms with Crippen LogP contribution in [0, 0.1) is 0 Å². The molecule has 5 heteroatoms. The first-order valence-electron chi connectivity index (χ1n) is 7.06. The average molecular weight is 277 g/mol. The van der Waals surface area contributed by atoms with Gasteiger partial charge in [0.15, 0.2) is 6.61 Å². The van der Waals surface area contributed by atoms with Crippen molar-refractivity contribution in [2.24, 2.45) is 5.73 Å². The molecule has 1 fully saturated rings. The van der Waals surface area contributed by atoms with Gasteiger partial charge in [-0.3, -0.25) is 4.79 Å². The van der Waals surface area contributed by atoms with Gasteiger partial charge in [-0.1, -0.05) is 12.1 Å². The van der Waals surface area contributed by atoms with Gasteiger partial charge in [0.1, 0.15) is 5.75 Å². The number of benzene rings is 1. The number of nitrogens with zero attached hydrogens (tertiary/aromatic N) is 1. The Morgan fingerprint density at radius 2 is 2.10 bits per heavy atom. The third-order valence-corrected chi connectivity index (χ3v) is 3.45. The molecule has 1 aromatic rings. The fourth-order valence-electron chi connectivity index (χ4n) is 2.04. The van der Waals surface area contributed by atoms with Crippen molar-refractivity contribution in [1.82, 2.24) is 10.2 Å². The normalized spacial score (nSPS) is 14.5. The Balaban J connectivity index is 1.63. The summed E-state index contributed by atoms with van der Waals surface area (Å²) in [7, 11) is 2.18. The molecule has 20 heavy (non-hydrogen) atoms. The number of hydrogen-bond acceptors (Lipinski definition) is 4. The van der Waals surface area contributed by atoms with Crippen molar-refractivity contribution in [3.05, 3.63) is 29.8 Å². The number of carbonyl (C=O) groups is 1. The molecule has 2 rings (SSSR count). The van der Waals surface area contributed by atoms with Crippen LogP contribution in [-0.2, 0) is 11.3 Å². The number of primary amides is 1. The summed E-state index contributed by atoms with van der Waals surface area (Å²) in [4.78, 5) is 13.0. The summed E-state index contributed by atoms with van der Waals surface area (Å²) >= 11 is 0. The van der Waals surface area contributed by atoms with E-state index < -0.39 is 5.91 Å². The second-order valence-electron chi connectivity index (χ2n) is 5.29. The summed E-state index contributed by atoms with van der Waals surface area (Å²) in [6.45, 7) is 2.84. The third-order valence-electron chi connectivity index (χ3n) is 3.45. The van der Waals surface area contributed by atoms with Crippen molar-refractivity contribution in [2.45, 2.75) is 25.4 Å². The molecule has 1 aliphatic carbocycles. The largest absolute Gasteiger partial charge is 0.484 e. The molecular formula is C15H23N3O2. The number of nitrogens with two attached hydrogens (primary N) is 1. The highest BCUT2D eigenvalue weighted by Gasteiger charge is 2.25. The maximum Gasteiger partial charge on any atom is 0.255 e. The lowest BCUT2D eigenvalue weighted by Gasteiger charge is -2.15. The first-order chi connectivity index (χ1) is 9.65. The van der Waals surface area contributed by atoms with Crippen molar-refractivity contribution < 1.29 is 9.53 Å². The highest BCUT2D eigenvalue weighted by molar-refractivity contribution is 5.75. The quantitative estimate of drug-likeness (QED) is 0.653. The molecule has 1 aliphatic rings. The van der Waals surface area contributed by atoms with Crippen LogP contribution in [0.1, 0.15) is 18.4 Å². The summed E-state index contributed by atoms with van der Waals surface area (Å²) < 4.78 is 5.21. The minimum atomic E-state index is -0.462. The second kappa shape index (κ2) is 7.26. The van der Waals surface area contributed by atoms with Crippen molar-refractivity contribution in [3.8, 4) is 5.75 Å². The van der Waals surface area contributed by atoms with Crippen LogP contribution in [0.25, 0.3) is 0 Å². The van der Waals surface area contributed by atoms with Crippen molar-refractivity contribution in [3.63, 3.8) is 0 Å². The van der Waals surface area contributed by atoms with E-state index in [0.717, 1.165) is 25.7 Å². The topological polar surface area (TPSA) is 67.6 Å². The number of hydrogen-bond donors (Lipinski definition) is 2. The first kappa shape index (κ1) is 14.8. The number of carbonyl (C=O) groups excluding carboxylic acids is 1. The van der Waals surface area contributed by atoms with Gasteiger partial charge < -0.3 is 20.7 Å². The monoisotopic (exact) mass is 277 g/mol. The Labute approximate surface area is 120 Å². The predicted octanol–water partition coefficient (Wildman–Crippen LogP) is 0.735. The van der Waals surface area contributed by atoms with E-state index in [-0.39, 0.29) is 6.61 Å². The lowest BCUT2D eigenvalue weighted by atomic mass is 10.2. The second-order valence-corrected chi connectivity index (χ2v) is 5.29. The summed E-state index contributed by atoms with van der Waals surface area (Å²) in [5.74, 6) is 0.205. The molecule has 0 bridgehead atoms. The van der Waals surface area contributed by atoms with Gasteiger partial charge in [-0.15, -0.1) is 0 Å². The van der Waals surface area contributed by atoms with Gasteiger partial charge >= 0.3 is 0 Å². The zero-order valence-electron chi connectivity index (χ0n) is 12.0. The van der Waals surface area contributed by atoms with Gasteiger partial charge in [-0.25, -0.2) is 0 Å². The van der Waals surface area contributed by atoms with Crippen LogP contribution in [0.3, 0.4) is 0 Å². The molecule has 1 amide bonds. The summed E-state index contributed by atoms with van der Waals surface area (Å²) in [5, 5.41) is 3.43. The predicted molar refractivity (Wildman–Crippen MR) is 78.5 cm³/mol. The summed E-state index contributed by atoms with van der Waals surface area (Å²) in [6.07, 6.45) is 2.70. The first-order valence-corrected chi connectivity index (χ1v) is 7.06. The van der Waals surface area contributed by atoms with Gasteiger partial charge in [-0.2, -0.15) is 0 Å². The fourth-order valence-corrected chi connectivity index (χ4v) is 2.04. The lowest BCUT2D eigenvalue weighted by molar-refractivity contribution is -0.119. The molecule has 5 nitrogen and oxygen atoms in total. The fraction of sp³-hybridized carbons (Fsp3) is 0.533. The Kier molecular flexibility index (Phi) is 5.38. The maximum atomic E-state index is 10.6. The number of rotatable bonds is 9.